The molecule has 1 aromatic rings. The molecule has 2 atom stereocenters. The Balaban J connectivity index is 1.92. The number of hydrogen-bond acceptors (Lipinski definition) is 5. The van der Waals surface area contributed by atoms with Gasteiger partial charge in [-0.3, -0.25) is 4.90 Å². The highest BCUT2D eigenvalue weighted by atomic mass is 32.2. The summed E-state index contributed by atoms with van der Waals surface area (Å²) in [6, 6.07) is 3.71. The molecule has 2 heterocycles. The fourth-order valence-corrected chi connectivity index (χ4v) is 5.67. The fraction of sp³-hybridized carbons (Fsp3) is 0.700. The van der Waals surface area contributed by atoms with Gasteiger partial charge in [0.15, 0.2) is 0 Å². The molecule has 0 aromatic heterocycles. The average Bonchev–Trinajstić information content (AvgIpc) is 2.99. The third-order valence-electron chi connectivity index (χ3n) is 5.84. The molecule has 2 aliphatic rings. The molecule has 0 spiro atoms. The number of aliphatic hydroxyl groups is 1. The Morgan fingerprint density at radius 3 is 2.33 bits per heavy atom. The van der Waals surface area contributed by atoms with Gasteiger partial charge in [-0.15, -0.1) is 0 Å². The van der Waals surface area contributed by atoms with Crippen LogP contribution in [0.4, 0.5) is 0 Å². The normalized spacial score (nSPS) is 25.9. The lowest BCUT2D eigenvalue weighted by Gasteiger charge is -2.33. The molecule has 152 valence electrons. The molecule has 0 unspecified atom stereocenters. The van der Waals surface area contributed by atoms with E-state index in [2.05, 4.69) is 31.7 Å². The zero-order chi connectivity index (χ0) is 20.0. The number of benzene rings is 1. The van der Waals surface area contributed by atoms with Crippen LogP contribution < -0.4 is 0 Å². The molecular formula is C20H32N2O4S. The number of β-amino-alcohol motifs (C(OH)–C–C–N with tert-alkyl or cyclic N) is 1. The lowest BCUT2D eigenvalue weighted by Crippen LogP contribution is -2.49. The molecule has 1 N–H and O–H groups in total. The summed E-state index contributed by atoms with van der Waals surface area (Å²) in [6.45, 7) is 13.2. The second-order valence-electron chi connectivity index (χ2n) is 8.77. The Kier molecular flexibility index (Phi) is 5.72. The molecule has 0 bridgehead atoms. The van der Waals surface area contributed by atoms with Crippen LogP contribution in [0.15, 0.2) is 17.0 Å². The quantitative estimate of drug-likeness (QED) is 0.842. The molecule has 2 fully saturated rings. The van der Waals surface area contributed by atoms with E-state index in [9.17, 15) is 13.5 Å². The van der Waals surface area contributed by atoms with Crippen molar-refractivity contribution < 1.29 is 18.3 Å². The van der Waals surface area contributed by atoms with E-state index in [0.29, 0.717) is 24.7 Å². The SMILES string of the molecule is Cc1cc(C(C)(C)C)cc(S(=O)(=O)N2C[C@H](O)[C@@H](N3CCOCC3)C2)c1C. The standard InChI is InChI=1S/C20H32N2O4S/c1-14-10-16(20(3,4)5)11-19(15(14)2)27(24,25)22-12-17(18(23)13-22)21-6-8-26-9-7-21/h10-11,17-18,23H,6-9,12-13H2,1-5H3/t17-,18-/m0/s1. The number of morpholine rings is 1. The summed E-state index contributed by atoms with van der Waals surface area (Å²) in [6.07, 6.45) is -0.676. The van der Waals surface area contributed by atoms with Gasteiger partial charge in [0, 0.05) is 26.2 Å². The molecule has 6 nitrogen and oxygen atoms in total. The molecule has 1 aromatic carbocycles. The third-order valence-corrected chi connectivity index (χ3v) is 7.80. The zero-order valence-electron chi connectivity index (χ0n) is 17.0. The maximum Gasteiger partial charge on any atom is 0.243 e. The first kappa shape index (κ1) is 20.7. The number of ether oxygens (including phenoxy) is 1. The fourth-order valence-electron chi connectivity index (χ4n) is 3.87. The van der Waals surface area contributed by atoms with Crippen molar-refractivity contribution in [3.05, 3.63) is 28.8 Å². The summed E-state index contributed by atoms with van der Waals surface area (Å²) in [7, 11) is -3.66. The Morgan fingerprint density at radius 2 is 1.74 bits per heavy atom. The largest absolute Gasteiger partial charge is 0.390 e. The predicted molar refractivity (Wildman–Crippen MR) is 106 cm³/mol. The first-order valence-corrected chi connectivity index (χ1v) is 11.1. The lowest BCUT2D eigenvalue weighted by atomic mass is 9.85. The van der Waals surface area contributed by atoms with Gasteiger partial charge in [-0.05, 0) is 42.0 Å². The summed E-state index contributed by atoms with van der Waals surface area (Å²) in [4.78, 5) is 2.51. The second kappa shape index (κ2) is 7.44. The smallest absolute Gasteiger partial charge is 0.243 e. The van der Waals surface area contributed by atoms with Crippen LogP contribution in [0.3, 0.4) is 0 Å². The monoisotopic (exact) mass is 396 g/mol. The molecule has 7 heteroatoms. The van der Waals surface area contributed by atoms with Gasteiger partial charge in [0.1, 0.15) is 0 Å². The van der Waals surface area contributed by atoms with Gasteiger partial charge in [0.2, 0.25) is 10.0 Å². The zero-order valence-corrected chi connectivity index (χ0v) is 17.8. The number of rotatable bonds is 3. The van der Waals surface area contributed by atoms with Crippen LogP contribution in [-0.4, -0.2) is 74.3 Å². The summed E-state index contributed by atoms with van der Waals surface area (Å²) in [5.41, 5.74) is 2.63. The minimum Gasteiger partial charge on any atom is -0.390 e. The van der Waals surface area contributed by atoms with E-state index in [4.69, 9.17) is 4.74 Å². The Hall–Kier alpha value is -0.990. The van der Waals surface area contributed by atoms with E-state index in [1.807, 2.05) is 19.9 Å². The molecular weight excluding hydrogens is 364 g/mol. The Morgan fingerprint density at radius 1 is 1.11 bits per heavy atom. The predicted octanol–water partition coefficient (Wildman–Crippen LogP) is 1.67. The average molecular weight is 397 g/mol. The maximum absolute atomic E-state index is 13.4. The van der Waals surface area contributed by atoms with Crippen molar-refractivity contribution in [3.63, 3.8) is 0 Å². The Labute approximate surface area is 163 Å². The van der Waals surface area contributed by atoms with Crippen molar-refractivity contribution in [2.45, 2.75) is 57.1 Å². The highest BCUT2D eigenvalue weighted by Gasteiger charge is 2.42. The van der Waals surface area contributed by atoms with Gasteiger partial charge in [-0.2, -0.15) is 4.31 Å². The molecule has 3 rings (SSSR count). The first-order valence-electron chi connectivity index (χ1n) is 9.63. The number of hydrogen-bond donors (Lipinski definition) is 1. The molecule has 0 amide bonds. The van der Waals surface area contributed by atoms with Crippen molar-refractivity contribution >= 4 is 10.0 Å². The maximum atomic E-state index is 13.4. The van der Waals surface area contributed by atoms with Crippen LogP contribution in [0.5, 0.6) is 0 Å². The third kappa shape index (κ3) is 4.07. The van der Waals surface area contributed by atoms with Gasteiger partial charge in [0.05, 0.1) is 30.3 Å². The van der Waals surface area contributed by atoms with E-state index in [1.54, 1.807) is 0 Å². The van der Waals surface area contributed by atoms with Gasteiger partial charge >= 0.3 is 0 Å². The van der Waals surface area contributed by atoms with Crippen LogP contribution in [0.1, 0.15) is 37.5 Å². The van der Waals surface area contributed by atoms with Crippen molar-refractivity contribution in [1.82, 2.24) is 9.21 Å². The summed E-state index contributed by atoms with van der Waals surface area (Å²) in [5.74, 6) is 0. The van der Waals surface area contributed by atoms with Crippen LogP contribution in [0.25, 0.3) is 0 Å². The molecule has 0 radical (unpaired) electrons. The van der Waals surface area contributed by atoms with Crippen molar-refractivity contribution in [3.8, 4) is 0 Å². The second-order valence-corrected chi connectivity index (χ2v) is 10.7. The van der Waals surface area contributed by atoms with Crippen molar-refractivity contribution in [2.75, 3.05) is 39.4 Å². The number of aliphatic hydroxyl groups excluding tert-OH is 1. The van der Waals surface area contributed by atoms with E-state index >= 15 is 0 Å². The van der Waals surface area contributed by atoms with E-state index < -0.39 is 16.1 Å². The minimum absolute atomic E-state index is 0.135. The number of aryl methyl sites for hydroxylation is 1. The highest BCUT2D eigenvalue weighted by molar-refractivity contribution is 7.89. The van der Waals surface area contributed by atoms with Crippen molar-refractivity contribution in [1.29, 1.82) is 0 Å². The van der Waals surface area contributed by atoms with E-state index in [1.165, 1.54) is 4.31 Å². The summed E-state index contributed by atoms with van der Waals surface area (Å²) >= 11 is 0. The van der Waals surface area contributed by atoms with Crippen LogP contribution >= 0.6 is 0 Å². The topological polar surface area (TPSA) is 70.1 Å². The highest BCUT2D eigenvalue weighted by Crippen LogP contribution is 2.32. The first-order chi connectivity index (χ1) is 12.5. The van der Waals surface area contributed by atoms with Crippen LogP contribution in [-0.2, 0) is 20.2 Å². The molecule has 0 saturated carbocycles. The number of nitrogens with zero attached hydrogens (tertiary/aromatic N) is 2. The lowest BCUT2D eigenvalue weighted by molar-refractivity contribution is -0.00602. The van der Waals surface area contributed by atoms with E-state index in [0.717, 1.165) is 29.8 Å². The molecule has 2 saturated heterocycles. The van der Waals surface area contributed by atoms with Gasteiger partial charge in [-0.1, -0.05) is 26.8 Å². The van der Waals surface area contributed by atoms with Crippen molar-refractivity contribution in [2.24, 2.45) is 0 Å². The van der Waals surface area contributed by atoms with E-state index in [-0.39, 0.29) is 18.0 Å². The number of sulfonamides is 1. The van der Waals surface area contributed by atoms with Gasteiger partial charge < -0.3 is 9.84 Å². The summed E-state index contributed by atoms with van der Waals surface area (Å²) in [5, 5.41) is 10.5. The van der Waals surface area contributed by atoms with Crippen LogP contribution in [0.2, 0.25) is 0 Å². The Bertz CT molecular complexity index is 795. The van der Waals surface area contributed by atoms with Crippen LogP contribution in [0, 0.1) is 13.8 Å². The molecule has 27 heavy (non-hydrogen) atoms. The molecule has 2 aliphatic heterocycles. The molecule has 0 aliphatic carbocycles. The van der Waals surface area contributed by atoms with Gasteiger partial charge in [0.25, 0.3) is 0 Å². The minimum atomic E-state index is -3.66. The van der Waals surface area contributed by atoms with Gasteiger partial charge in [-0.25, -0.2) is 8.42 Å². The summed E-state index contributed by atoms with van der Waals surface area (Å²) < 4.78 is 33.7.